The number of aryl methyl sites for hydroxylation is 2. The number of nitrogens with one attached hydrogen (secondary N) is 1. The smallest absolute Gasteiger partial charge is 0.0425 e. The van der Waals surface area contributed by atoms with Crippen molar-refractivity contribution in [2.75, 3.05) is 5.32 Å². The van der Waals surface area contributed by atoms with Gasteiger partial charge in [0, 0.05) is 17.3 Å². The van der Waals surface area contributed by atoms with E-state index >= 15 is 0 Å². The molecule has 1 N–H and O–H groups in total. The van der Waals surface area contributed by atoms with Crippen LogP contribution in [0.5, 0.6) is 0 Å². The monoisotopic (exact) mass is 311 g/mol. The SMILES string of the molecule is C=C(C)Nc1cc(CCCCC)cc(C)c1C1C=C(C)CCC1. The molecule has 1 aromatic carbocycles. The third kappa shape index (κ3) is 4.99. The summed E-state index contributed by atoms with van der Waals surface area (Å²) in [6.07, 6.45) is 11.4. The highest BCUT2D eigenvalue weighted by molar-refractivity contribution is 5.61. The lowest BCUT2D eigenvalue weighted by molar-refractivity contribution is 0.631. The molecule has 0 amide bonds. The lowest BCUT2D eigenvalue weighted by Gasteiger charge is -2.25. The van der Waals surface area contributed by atoms with Crippen LogP contribution >= 0.6 is 0 Å². The van der Waals surface area contributed by atoms with Crippen LogP contribution in [0.4, 0.5) is 5.69 Å². The summed E-state index contributed by atoms with van der Waals surface area (Å²) in [6.45, 7) is 12.9. The van der Waals surface area contributed by atoms with Crippen LogP contribution in [0.15, 0.2) is 36.1 Å². The fraction of sp³-hybridized carbons (Fsp3) is 0.545. The van der Waals surface area contributed by atoms with E-state index in [0.717, 1.165) is 5.70 Å². The highest BCUT2D eigenvalue weighted by Crippen LogP contribution is 2.38. The maximum Gasteiger partial charge on any atom is 0.0425 e. The van der Waals surface area contributed by atoms with Crippen molar-refractivity contribution in [3.8, 4) is 0 Å². The van der Waals surface area contributed by atoms with Gasteiger partial charge in [0.15, 0.2) is 0 Å². The number of allylic oxidation sites excluding steroid dienone is 3. The van der Waals surface area contributed by atoms with Crippen LogP contribution < -0.4 is 5.32 Å². The molecule has 23 heavy (non-hydrogen) atoms. The molecule has 0 aromatic heterocycles. The van der Waals surface area contributed by atoms with E-state index < -0.39 is 0 Å². The second kappa shape index (κ2) is 8.38. The first-order valence-electron chi connectivity index (χ1n) is 9.24. The van der Waals surface area contributed by atoms with E-state index in [0.29, 0.717) is 5.92 Å². The van der Waals surface area contributed by atoms with Crippen LogP contribution in [-0.2, 0) is 6.42 Å². The van der Waals surface area contributed by atoms with Gasteiger partial charge in [0.05, 0.1) is 0 Å². The molecule has 0 saturated carbocycles. The molecule has 2 rings (SSSR count). The fourth-order valence-corrected chi connectivity index (χ4v) is 3.76. The number of hydrogen-bond donors (Lipinski definition) is 1. The van der Waals surface area contributed by atoms with Crippen LogP contribution in [0, 0.1) is 6.92 Å². The van der Waals surface area contributed by atoms with E-state index in [1.165, 1.54) is 72.9 Å². The molecular weight excluding hydrogens is 278 g/mol. The Bertz CT molecular complexity index is 580. The quantitative estimate of drug-likeness (QED) is 0.427. The molecular formula is C22H33N. The van der Waals surface area contributed by atoms with Crippen LogP contribution in [0.25, 0.3) is 0 Å². The van der Waals surface area contributed by atoms with Crippen molar-refractivity contribution < 1.29 is 0 Å². The first-order valence-corrected chi connectivity index (χ1v) is 9.24. The van der Waals surface area contributed by atoms with Gasteiger partial charge in [-0.3, -0.25) is 0 Å². The van der Waals surface area contributed by atoms with E-state index in [1.807, 2.05) is 6.92 Å². The maximum atomic E-state index is 4.06. The molecule has 126 valence electrons. The molecule has 1 aromatic rings. The highest BCUT2D eigenvalue weighted by Gasteiger charge is 2.19. The van der Waals surface area contributed by atoms with Crippen molar-refractivity contribution in [1.29, 1.82) is 0 Å². The Hall–Kier alpha value is -1.50. The van der Waals surface area contributed by atoms with Gasteiger partial charge in [-0.05, 0) is 75.6 Å². The minimum absolute atomic E-state index is 0.551. The highest BCUT2D eigenvalue weighted by atomic mass is 14.9. The van der Waals surface area contributed by atoms with Crippen molar-refractivity contribution in [3.63, 3.8) is 0 Å². The predicted octanol–water partition coefficient (Wildman–Crippen LogP) is 6.89. The summed E-state index contributed by atoms with van der Waals surface area (Å²) in [7, 11) is 0. The van der Waals surface area contributed by atoms with Gasteiger partial charge in [-0.1, -0.05) is 44.1 Å². The average molecular weight is 312 g/mol. The molecule has 0 heterocycles. The minimum Gasteiger partial charge on any atom is -0.359 e. The van der Waals surface area contributed by atoms with Gasteiger partial charge >= 0.3 is 0 Å². The third-order valence-corrected chi connectivity index (χ3v) is 4.81. The summed E-state index contributed by atoms with van der Waals surface area (Å²) < 4.78 is 0. The molecule has 1 nitrogen and oxygen atoms in total. The van der Waals surface area contributed by atoms with Gasteiger partial charge in [0.2, 0.25) is 0 Å². The molecule has 0 spiro atoms. The van der Waals surface area contributed by atoms with E-state index in [9.17, 15) is 0 Å². The molecule has 0 radical (unpaired) electrons. The zero-order valence-corrected chi connectivity index (χ0v) is 15.5. The van der Waals surface area contributed by atoms with Crippen LogP contribution in [0.1, 0.15) is 81.9 Å². The predicted molar refractivity (Wildman–Crippen MR) is 103 cm³/mol. The van der Waals surface area contributed by atoms with Crippen LogP contribution in [0.2, 0.25) is 0 Å². The summed E-state index contributed by atoms with van der Waals surface area (Å²) in [6, 6.07) is 4.77. The Morgan fingerprint density at radius 1 is 1.26 bits per heavy atom. The first kappa shape index (κ1) is 17.8. The van der Waals surface area contributed by atoms with Gasteiger partial charge in [-0.25, -0.2) is 0 Å². The van der Waals surface area contributed by atoms with E-state index in [2.05, 4.69) is 50.9 Å². The van der Waals surface area contributed by atoms with E-state index in [1.54, 1.807) is 0 Å². The largest absolute Gasteiger partial charge is 0.359 e. The summed E-state index contributed by atoms with van der Waals surface area (Å²) in [5, 5.41) is 3.53. The van der Waals surface area contributed by atoms with Gasteiger partial charge in [-0.2, -0.15) is 0 Å². The zero-order chi connectivity index (χ0) is 16.8. The lowest BCUT2D eigenvalue weighted by atomic mass is 9.82. The van der Waals surface area contributed by atoms with Gasteiger partial charge in [-0.15, -0.1) is 0 Å². The molecule has 1 aliphatic carbocycles. The topological polar surface area (TPSA) is 12.0 Å². The van der Waals surface area contributed by atoms with Crippen LogP contribution in [-0.4, -0.2) is 0 Å². The molecule has 1 atom stereocenters. The fourth-order valence-electron chi connectivity index (χ4n) is 3.76. The summed E-state index contributed by atoms with van der Waals surface area (Å²) in [4.78, 5) is 0. The molecule has 0 bridgehead atoms. The van der Waals surface area contributed by atoms with E-state index in [4.69, 9.17) is 0 Å². The molecule has 0 fully saturated rings. The van der Waals surface area contributed by atoms with E-state index in [-0.39, 0.29) is 0 Å². The van der Waals surface area contributed by atoms with Crippen molar-refractivity contribution in [3.05, 3.63) is 52.7 Å². The molecule has 0 saturated heterocycles. The van der Waals surface area contributed by atoms with Crippen molar-refractivity contribution in [2.45, 2.75) is 78.6 Å². The van der Waals surface area contributed by atoms with Gasteiger partial charge in [0.1, 0.15) is 0 Å². The summed E-state index contributed by atoms with van der Waals surface area (Å²) in [5.74, 6) is 0.551. The Morgan fingerprint density at radius 3 is 2.70 bits per heavy atom. The number of unbranched alkanes of at least 4 members (excludes halogenated alkanes) is 2. The Morgan fingerprint density at radius 2 is 2.04 bits per heavy atom. The molecule has 0 aliphatic heterocycles. The standard InChI is InChI=1S/C22H33N/c1-6-7-8-11-19-14-18(5)22(21(15-19)23-16(2)3)20-12-9-10-17(4)13-20/h13-15,20,23H,2,6-12H2,1,3-5H3. The third-order valence-electron chi connectivity index (χ3n) is 4.81. The average Bonchev–Trinajstić information content (AvgIpc) is 2.46. The zero-order valence-electron chi connectivity index (χ0n) is 15.5. The summed E-state index contributed by atoms with van der Waals surface area (Å²) in [5.41, 5.74) is 8.20. The number of anilines is 1. The lowest BCUT2D eigenvalue weighted by Crippen LogP contribution is -2.09. The Labute approximate surface area is 142 Å². The first-order chi connectivity index (χ1) is 11.0. The normalized spacial score (nSPS) is 17.7. The maximum absolute atomic E-state index is 4.06. The van der Waals surface area contributed by atoms with Crippen molar-refractivity contribution in [2.24, 2.45) is 0 Å². The Balaban J connectivity index is 2.35. The summed E-state index contributed by atoms with van der Waals surface area (Å²) >= 11 is 0. The van der Waals surface area contributed by atoms with Crippen molar-refractivity contribution >= 4 is 5.69 Å². The number of rotatable bonds is 7. The Kier molecular flexibility index (Phi) is 6.50. The second-order valence-corrected chi connectivity index (χ2v) is 7.25. The molecule has 1 aliphatic rings. The number of hydrogen-bond acceptors (Lipinski definition) is 1. The van der Waals surface area contributed by atoms with Crippen LogP contribution in [0.3, 0.4) is 0 Å². The van der Waals surface area contributed by atoms with Gasteiger partial charge < -0.3 is 5.32 Å². The molecule has 1 heteroatoms. The van der Waals surface area contributed by atoms with Gasteiger partial charge in [0.25, 0.3) is 0 Å². The number of benzene rings is 1. The minimum atomic E-state index is 0.551. The second-order valence-electron chi connectivity index (χ2n) is 7.25. The van der Waals surface area contributed by atoms with Crippen molar-refractivity contribution in [1.82, 2.24) is 0 Å². The molecule has 1 unspecified atom stereocenters.